The first-order valence-corrected chi connectivity index (χ1v) is 5.74. The number of rotatable bonds is 4. The van der Waals surface area contributed by atoms with E-state index in [2.05, 4.69) is 10.3 Å². The van der Waals surface area contributed by atoms with Crippen LogP contribution in [0.25, 0.3) is 11.3 Å². The molecule has 0 atom stereocenters. The number of hydrogen-bond acceptors (Lipinski definition) is 3. The zero-order valence-corrected chi connectivity index (χ0v) is 10.3. The van der Waals surface area contributed by atoms with Gasteiger partial charge in [0.1, 0.15) is 11.6 Å². The first kappa shape index (κ1) is 12.7. The van der Waals surface area contributed by atoms with E-state index < -0.39 is 11.6 Å². The molecule has 0 unspecified atom stereocenters. The Labute approximate surface area is 104 Å². The molecule has 0 aliphatic rings. The summed E-state index contributed by atoms with van der Waals surface area (Å²) in [6, 6.07) is 2.62. The fourth-order valence-electron chi connectivity index (χ4n) is 1.62. The Morgan fingerprint density at radius 3 is 2.83 bits per heavy atom. The van der Waals surface area contributed by atoms with Gasteiger partial charge in [-0.15, -0.1) is 0 Å². The molecule has 3 nitrogen and oxygen atoms in total. The van der Waals surface area contributed by atoms with E-state index in [4.69, 9.17) is 4.42 Å². The highest BCUT2D eigenvalue weighted by Crippen LogP contribution is 2.28. The van der Waals surface area contributed by atoms with Gasteiger partial charge >= 0.3 is 0 Å². The van der Waals surface area contributed by atoms with Gasteiger partial charge in [-0.3, -0.25) is 0 Å². The van der Waals surface area contributed by atoms with Crippen molar-refractivity contribution in [2.75, 3.05) is 6.54 Å². The number of aryl methyl sites for hydroxylation is 1. The first-order valence-electron chi connectivity index (χ1n) is 5.74. The molecular formula is C13H14F2N2O. The fourth-order valence-corrected chi connectivity index (χ4v) is 1.62. The van der Waals surface area contributed by atoms with Crippen LogP contribution in [0.4, 0.5) is 8.78 Å². The van der Waals surface area contributed by atoms with Crippen molar-refractivity contribution < 1.29 is 13.2 Å². The molecular weight excluding hydrogens is 238 g/mol. The fraction of sp³-hybridized carbons (Fsp3) is 0.308. The van der Waals surface area contributed by atoms with Gasteiger partial charge in [0.15, 0.2) is 5.76 Å². The molecule has 1 aromatic carbocycles. The van der Waals surface area contributed by atoms with Gasteiger partial charge in [-0.25, -0.2) is 13.8 Å². The smallest absolute Gasteiger partial charge is 0.208 e. The minimum atomic E-state index is -0.649. The third-order valence-corrected chi connectivity index (χ3v) is 2.61. The Hall–Kier alpha value is -1.75. The molecule has 0 saturated carbocycles. The van der Waals surface area contributed by atoms with Gasteiger partial charge in [0.05, 0.1) is 18.3 Å². The quantitative estimate of drug-likeness (QED) is 0.908. The lowest BCUT2D eigenvalue weighted by Gasteiger charge is -2.03. The lowest BCUT2D eigenvalue weighted by molar-refractivity contribution is 0.475. The van der Waals surface area contributed by atoms with Gasteiger partial charge in [-0.05, 0) is 25.1 Å². The van der Waals surface area contributed by atoms with Gasteiger partial charge in [-0.2, -0.15) is 0 Å². The van der Waals surface area contributed by atoms with Crippen molar-refractivity contribution in [3.05, 3.63) is 41.4 Å². The molecule has 18 heavy (non-hydrogen) atoms. The van der Waals surface area contributed by atoms with Crippen LogP contribution in [-0.4, -0.2) is 11.5 Å². The molecule has 0 amide bonds. The number of aromatic nitrogens is 1. The van der Waals surface area contributed by atoms with E-state index in [1.165, 1.54) is 18.3 Å². The van der Waals surface area contributed by atoms with Crippen molar-refractivity contribution in [1.29, 1.82) is 0 Å². The monoisotopic (exact) mass is 252 g/mol. The normalized spacial score (nSPS) is 10.9. The molecule has 0 spiro atoms. The summed E-state index contributed by atoms with van der Waals surface area (Å²) in [4.78, 5) is 3.98. The number of hydrogen-bond donors (Lipinski definition) is 1. The minimum absolute atomic E-state index is 0.113. The van der Waals surface area contributed by atoms with Gasteiger partial charge in [0, 0.05) is 0 Å². The SMILES string of the molecule is CCNCc1ncc(-c2c(F)ccc(C)c2F)o1. The van der Waals surface area contributed by atoms with Crippen LogP contribution in [-0.2, 0) is 6.54 Å². The van der Waals surface area contributed by atoms with Crippen LogP contribution in [0.3, 0.4) is 0 Å². The molecule has 0 saturated heterocycles. The molecule has 1 heterocycles. The van der Waals surface area contributed by atoms with Crippen molar-refractivity contribution >= 4 is 0 Å². The molecule has 5 heteroatoms. The second-order valence-corrected chi connectivity index (χ2v) is 3.95. The molecule has 0 radical (unpaired) electrons. The summed E-state index contributed by atoms with van der Waals surface area (Å²) in [6.45, 7) is 4.73. The highest BCUT2D eigenvalue weighted by Gasteiger charge is 2.17. The van der Waals surface area contributed by atoms with Crippen LogP contribution in [0, 0.1) is 18.6 Å². The van der Waals surface area contributed by atoms with E-state index >= 15 is 0 Å². The zero-order chi connectivity index (χ0) is 13.1. The molecule has 2 rings (SSSR count). The maximum atomic E-state index is 13.9. The van der Waals surface area contributed by atoms with Crippen molar-refractivity contribution in [2.45, 2.75) is 20.4 Å². The second-order valence-electron chi connectivity index (χ2n) is 3.95. The van der Waals surface area contributed by atoms with E-state index in [0.29, 0.717) is 18.0 Å². The summed E-state index contributed by atoms with van der Waals surface area (Å²) in [5, 5.41) is 3.03. The molecule has 2 aromatic rings. The predicted molar refractivity (Wildman–Crippen MR) is 64.0 cm³/mol. The van der Waals surface area contributed by atoms with E-state index in [-0.39, 0.29) is 11.3 Å². The van der Waals surface area contributed by atoms with Crippen LogP contribution >= 0.6 is 0 Å². The Bertz CT molecular complexity index is 552. The lowest BCUT2D eigenvalue weighted by Crippen LogP contribution is -2.11. The van der Waals surface area contributed by atoms with Crippen LogP contribution in [0.2, 0.25) is 0 Å². The Kier molecular flexibility index (Phi) is 3.72. The first-order chi connectivity index (χ1) is 8.63. The number of halogens is 2. The average molecular weight is 252 g/mol. The van der Waals surface area contributed by atoms with Crippen LogP contribution < -0.4 is 5.32 Å². The highest BCUT2D eigenvalue weighted by molar-refractivity contribution is 5.59. The maximum absolute atomic E-state index is 13.9. The summed E-state index contributed by atoms with van der Waals surface area (Å²) < 4.78 is 32.8. The van der Waals surface area contributed by atoms with Crippen LogP contribution in [0.5, 0.6) is 0 Å². The maximum Gasteiger partial charge on any atom is 0.208 e. The number of nitrogens with zero attached hydrogens (tertiary/aromatic N) is 1. The molecule has 0 aliphatic carbocycles. The third kappa shape index (κ3) is 2.41. The number of nitrogens with one attached hydrogen (secondary N) is 1. The molecule has 0 fully saturated rings. The second kappa shape index (κ2) is 5.27. The molecule has 0 aliphatic heterocycles. The standard InChI is InChI=1S/C13H14F2N2O/c1-3-16-7-11-17-6-10(18-11)12-9(14)5-4-8(2)13(12)15/h4-6,16H,3,7H2,1-2H3. The largest absolute Gasteiger partial charge is 0.439 e. The van der Waals surface area contributed by atoms with Gasteiger partial charge in [-0.1, -0.05) is 13.0 Å². The third-order valence-electron chi connectivity index (χ3n) is 2.61. The van der Waals surface area contributed by atoms with Crippen LogP contribution in [0.15, 0.2) is 22.7 Å². The molecule has 1 aromatic heterocycles. The van der Waals surface area contributed by atoms with Gasteiger partial charge in [0.25, 0.3) is 0 Å². The summed E-state index contributed by atoms with van der Waals surface area (Å²) >= 11 is 0. The topological polar surface area (TPSA) is 38.1 Å². The lowest BCUT2D eigenvalue weighted by atomic mass is 10.1. The van der Waals surface area contributed by atoms with Crippen molar-refractivity contribution in [3.8, 4) is 11.3 Å². The molecule has 1 N–H and O–H groups in total. The van der Waals surface area contributed by atoms with Crippen molar-refractivity contribution in [1.82, 2.24) is 10.3 Å². The minimum Gasteiger partial charge on any atom is -0.439 e. The molecule has 96 valence electrons. The van der Waals surface area contributed by atoms with E-state index in [0.717, 1.165) is 6.54 Å². The van der Waals surface area contributed by atoms with Gasteiger partial charge < -0.3 is 9.73 Å². The number of benzene rings is 1. The Balaban J connectivity index is 2.37. The summed E-state index contributed by atoms with van der Waals surface area (Å²) in [6.07, 6.45) is 1.34. The summed E-state index contributed by atoms with van der Waals surface area (Å²) in [7, 11) is 0. The van der Waals surface area contributed by atoms with Crippen molar-refractivity contribution in [2.24, 2.45) is 0 Å². The van der Waals surface area contributed by atoms with Crippen LogP contribution in [0.1, 0.15) is 18.4 Å². The Morgan fingerprint density at radius 2 is 2.11 bits per heavy atom. The Morgan fingerprint density at radius 1 is 1.33 bits per heavy atom. The highest BCUT2D eigenvalue weighted by atomic mass is 19.1. The van der Waals surface area contributed by atoms with E-state index in [9.17, 15) is 8.78 Å². The zero-order valence-electron chi connectivity index (χ0n) is 10.3. The van der Waals surface area contributed by atoms with Crippen molar-refractivity contribution in [3.63, 3.8) is 0 Å². The number of oxazole rings is 1. The van der Waals surface area contributed by atoms with E-state index in [1.807, 2.05) is 6.92 Å². The summed E-state index contributed by atoms with van der Waals surface area (Å²) in [5.74, 6) is -0.737. The summed E-state index contributed by atoms with van der Waals surface area (Å²) in [5.41, 5.74) is 0.210. The predicted octanol–water partition coefficient (Wildman–Crippen LogP) is 3.04. The average Bonchev–Trinajstić information content (AvgIpc) is 2.80. The van der Waals surface area contributed by atoms with E-state index in [1.54, 1.807) is 6.92 Å². The molecule has 0 bridgehead atoms. The van der Waals surface area contributed by atoms with Gasteiger partial charge in [0.2, 0.25) is 5.89 Å².